The number of ether oxygens (including phenoxy) is 1. The normalized spacial score (nSPS) is 10.8. The van der Waals surface area contributed by atoms with E-state index in [-0.39, 0.29) is 5.69 Å². The number of aromatic nitrogens is 1. The fourth-order valence-electron chi connectivity index (χ4n) is 1.94. The first-order valence-corrected chi connectivity index (χ1v) is 6.48. The quantitative estimate of drug-likeness (QED) is 0.877. The molecular formula is C16H17NO3. The van der Waals surface area contributed by atoms with Gasteiger partial charge in [-0.2, -0.15) is 0 Å². The molecule has 0 bridgehead atoms. The van der Waals surface area contributed by atoms with Crippen LogP contribution in [0.3, 0.4) is 0 Å². The summed E-state index contributed by atoms with van der Waals surface area (Å²) in [6.45, 7) is 3.11. The Morgan fingerprint density at radius 3 is 2.95 bits per heavy atom. The molecule has 4 nitrogen and oxygen atoms in total. The molecule has 0 saturated carbocycles. The minimum atomic E-state index is -0.915. The van der Waals surface area contributed by atoms with Crippen LogP contribution in [-0.4, -0.2) is 22.2 Å². The maximum absolute atomic E-state index is 11.0. The van der Waals surface area contributed by atoms with E-state index >= 15 is 0 Å². The first kappa shape index (κ1) is 13.9. The van der Waals surface area contributed by atoms with Gasteiger partial charge in [-0.05, 0) is 36.8 Å². The summed E-state index contributed by atoms with van der Waals surface area (Å²) >= 11 is 0. The molecule has 1 aromatic heterocycles. The zero-order valence-electron chi connectivity index (χ0n) is 11.3. The van der Waals surface area contributed by atoms with Crippen molar-refractivity contribution in [1.82, 2.24) is 4.57 Å². The number of allylic oxidation sites excluding steroid dienone is 1. The van der Waals surface area contributed by atoms with Crippen LogP contribution < -0.4 is 4.74 Å². The fraction of sp³-hybridized carbons (Fsp3) is 0.188. The Bertz CT molecular complexity index is 614. The Labute approximate surface area is 117 Å². The Morgan fingerprint density at radius 2 is 2.20 bits per heavy atom. The smallest absolute Gasteiger partial charge is 0.352 e. The highest BCUT2D eigenvalue weighted by atomic mass is 16.5. The molecule has 1 aromatic carbocycles. The van der Waals surface area contributed by atoms with Gasteiger partial charge in [-0.25, -0.2) is 4.79 Å². The summed E-state index contributed by atoms with van der Waals surface area (Å²) in [6, 6.07) is 11.1. The highest BCUT2D eigenvalue weighted by Crippen LogP contribution is 2.14. The maximum atomic E-state index is 11.0. The second-order valence-corrected chi connectivity index (χ2v) is 4.26. The van der Waals surface area contributed by atoms with Gasteiger partial charge in [0.1, 0.15) is 11.4 Å². The van der Waals surface area contributed by atoms with Gasteiger partial charge in [0.05, 0.1) is 6.61 Å². The van der Waals surface area contributed by atoms with Crippen molar-refractivity contribution in [2.45, 2.75) is 13.5 Å². The summed E-state index contributed by atoms with van der Waals surface area (Å²) < 4.78 is 7.12. The molecule has 0 spiro atoms. The molecule has 0 saturated heterocycles. The molecule has 104 valence electrons. The summed E-state index contributed by atoms with van der Waals surface area (Å²) in [7, 11) is 0. The summed E-state index contributed by atoms with van der Waals surface area (Å²) in [4.78, 5) is 11.0. The van der Waals surface area contributed by atoms with Gasteiger partial charge in [0.15, 0.2) is 0 Å². The van der Waals surface area contributed by atoms with Gasteiger partial charge in [0.25, 0.3) is 0 Å². The highest BCUT2D eigenvalue weighted by Gasteiger charge is 2.06. The predicted octanol–water partition coefficient (Wildman–Crippen LogP) is 3.30. The SMILES string of the molecule is CCOc1cccc(/C=C/Cn2cccc2C(=O)O)c1. The van der Waals surface area contributed by atoms with Gasteiger partial charge in [-0.15, -0.1) is 0 Å². The summed E-state index contributed by atoms with van der Waals surface area (Å²) in [5.74, 6) is -0.0800. The zero-order valence-corrected chi connectivity index (χ0v) is 11.3. The van der Waals surface area contributed by atoms with E-state index < -0.39 is 5.97 Å². The lowest BCUT2D eigenvalue weighted by Crippen LogP contribution is -2.06. The largest absolute Gasteiger partial charge is 0.494 e. The van der Waals surface area contributed by atoms with Crippen LogP contribution >= 0.6 is 0 Å². The predicted molar refractivity (Wildman–Crippen MR) is 78.0 cm³/mol. The lowest BCUT2D eigenvalue weighted by molar-refractivity contribution is 0.0686. The van der Waals surface area contributed by atoms with E-state index in [1.807, 2.05) is 43.3 Å². The number of aromatic carboxylic acids is 1. The molecule has 0 aliphatic carbocycles. The number of benzene rings is 1. The third-order valence-electron chi connectivity index (χ3n) is 2.83. The number of hydrogen-bond donors (Lipinski definition) is 1. The Balaban J connectivity index is 2.04. The van der Waals surface area contributed by atoms with Gasteiger partial charge in [-0.3, -0.25) is 0 Å². The van der Waals surface area contributed by atoms with Gasteiger partial charge in [0, 0.05) is 12.7 Å². The van der Waals surface area contributed by atoms with Crippen molar-refractivity contribution >= 4 is 12.0 Å². The molecule has 2 rings (SSSR count). The molecule has 2 aromatic rings. The van der Waals surface area contributed by atoms with Crippen LogP contribution in [0.15, 0.2) is 48.7 Å². The molecule has 4 heteroatoms. The van der Waals surface area contributed by atoms with Crippen LogP contribution in [0.2, 0.25) is 0 Å². The zero-order chi connectivity index (χ0) is 14.4. The number of nitrogens with zero attached hydrogens (tertiary/aromatic N) is 1. The average molecular weight is 271 g/mol. The van der Waals surface area contributed by atoms with E-state index in [2.05, 4.69) is 0 Å². The number of carbonyl (C=O) groups is 1. The van der Waals surface area contributed by atoms with E-state index in [0.717, 1.165) is 11.3 Å². The van der Waals surface area contributed by atoms with Crippen molar-refractivity contribution in [3.63, 3.8) is 0 Å². The van der Waals surface area contributed by atoms with Crippen LogP contribution in [0.1, 0.15) is 23.0 Å². The first-order chi connectivity index (χ1) is 9.70. The van der Waals surface area contributed by atoms with Crippen LogP contribution in [0.4, 0.5) is 0 Å². The lowest BCUT2D eigenvalue weighted by atomic mass is 10.2. The third kappa shape index (κ3) is 3.51. The second kappa shape index (κ2) is 6.61. The summed E-state index contributed by atoms with van der Waals surface area (Å²) in [5.41, 5.74) is 1.32. The molecular weight excluding hydrogens is 254 g/mol. The molecule has 20 heavy (non-hydrogen) atoms. The number of rotatable bonds is 6. The van der Waals surface area contributed by atoms with Crippen molar-refractivity contribution in [1.29, 1.82) is 0 Å². The molecule has 0 fully saturated rings. The third-order valence-corrected chi connectivity index (χ3v) is 2.83. The van der Waals surface area contributed by atoms with Crippen LogP contribution in [0.5, 0.6) is 5.75 Å². The average Bonchev–Trinajstić information content (AvgIpc) is 2.88. The first-order valence-electron chi connectivity index (χ1n) is 6.48. The number of carboxylic acid groups (broad SMARTS) is 1. The molecule has 0 aliphatic rings. The van der Waals surface area contributed by atoms with E-state index in [4.69, 9.17) is 9.84 Å². The minimum Gasteiger partial charge on any atom is -0.494 e. The van der Waals surface area contributed by atoms with Crippen LogP contribution in [0.25, 0.3) is 6.08 Å². The number of carboxylic acids is 1. The topological polar surface area (TPSA) is 51.5 Å². The van der Waals surface area contributed by atoms with E-state index in [0.29, 0.717) is 13.2 Å². The van der Waals surface area contributed by atoms with Crippen molar-refractivity contribution in [2.24, 2.45) is 0 Å². The van der Waals surface area contributed by atoms with Crippen molar-refractivity contribution in [3.05, 3.63) is 59.9 Å². The second-order valence-electron chi connectivity index (χ2n) is 4.26. The van der Waals surface area contributed by atoms with Crippen molar-refractivity contribution < 1.29 is 14.6 Å². The Morgan fingerprint density at radius 1 is 1.35 bits per heavy atom. The van der Waals surface area contributed by atoms with E-state index in [1.54, 1.807) is 22.9 Å². The van der Waals surface area contributed by atoms with Gasteiger partial charge >= 0.3 is 5.97 Å². The standard InChI is InChI=1S/C16H17NO3/c1-2-20-14-8-3-6-13(12-14)7-4-10-17-11-5-9-15(17)16(18)19/h3-9,11-12H,2,10H2,1H3,(H,18,19)/b7-4+. The van der Waals surface area contributed by atoms with Gasteiger partial charge in [0.2, 0.25) is 0 Å². The Kier molecular flexibility index (Phi) is 4.60. The molecule has 1 heterocycles. The van der Waals surface area contributed by atoms with Gasteiger partial charge in [-0.1, -0.05) is 24.3 Å². The van der Waals surface area contributed by atoms with Crippen LogP contribution in [-0.2, 0) is 6.54 Å². The van der Waals surface area contributed by atoms with E-state index in [9.17, 15) is 4.79 Å². The molecule has 0 unspecified atom stereocenters. The highest BCUT2D eigenvalue weighted by molar-refractivity contribution is 5.85. The molecule has 0 atom stereocenters. The number of hydrogen-bond acceptors (Lipinski definition) is 2. The Hall–Kier alpha value is -2.49. The summed E-state index contributed by atoms with van der Waals surface area (Å²) in [5, 5.41) is 9.00. The van der Waals surface area contributed by atoms with Crippen molar-refractivity contribution in [3.8, 4) is 5.75 Å². The minimum absolute atomic E-state index is 0.290. The molecule has 0 radical (unpaired) electrons. The monoisotopic (exact) mass is 271 g/mol. The van der Waals surface area contributed by atoms with Crippen LogP contribution in [0, 0.1) is 0 Å². The molecule has 0 aliphatic heterocycles. The molecule has 0 amide bonds. The van der Waals surface area contributed by atoms with Crippen molar-refractivity contribution in [2.75, 3.05) is 6.61 Å². The molecule has 1 N–H and O–H groups in total. The summed E-state index contributed by atoms with van der Waals surface area (Å²) in [6.07, 6.45) is 5.63. The lowest BCUT2D eigenvalue weighted by Gasteiger charge is -2.04. The van der Waals surface area contributed by atoms with E-state index in [1.165, 1.54) is 0 Å². The van der Waals surface area contributed by atoms with Gasteiger partial charge < -0.3 is 14.4 Å². The maximum Gasteiger partial charge on any atom is 0.352 e. The fourth-order valence-corrected chi connectivity index (χ4v) is 1.94.